The molecule has 2 atom stereocenters. The minimum Gasteiger partial charge on any atom is -0.490 e. The number of halogens is 6. The van der Waals surface area contributed by atoms with E-state index in [1.165, 1.54) is 30.3 Å². The van der Waals surface area contributed by atoms with Crippen LogP contribution in [0.25, 0.3) is 0 Å². The third kappa shape index (κ3) is 10.9. The smallest absolute Gasteiger partial charge is 0.490 e. The first-order chi connectivity index (χ1) is 20.7. The fourth-order valence-electron chi connectivity index (χ4n) is 4.96. The predicted molar refractivity (Wildman–Crippen MR) is 154 cm³/mol. The SMILES string of the molecule is CN1CCN(CCNC(=O)c2cc(OC3CCC(NC(=S)Nc4cccc(OC(F)(F)F)c4)C3)ccc2OC(F)(F)F)CC1. The van der Waals surface area contributed by atoms with Crippen LogP contribution in [0.15, 0.2) is 42.5 Å². The lowest BCUT2D eigenvalue weighted by atomic mass is 10.1. The number of carbonyl (C=O) groups excluding carboxylic acids is 1. The van der Waals surface area contributed by atoms with Crippen molar-refractivity contribution in [3.63, 3.8) is 0 Å². The van der Waals surface area contributed by atoms with Gasteiger partial charge in [-0.3, -0.25) is 9.69 Å². The molecule has 1 amide bonds. The minimum atomic E-state index is -4.99. The number of alkyl halides is 6. The highest BCUT2D eigenvalue weighted by atomic mass is 32.1. The van der Waals surface area contributed by atoms with E-state index in [0.29, 0.717) is 31.5 Å². The predicted octanol–water partition coefficient (Wildman–Crippen LogP) is 4.75. The minimum absolute atomic E-state index is 0.139. The number of hydrogen-bond donors (Lipinski definition) is 3. The molecule has 4 rings (SSSR count). The Balaban J connectivity index is 1.31. The van der Waals surface area contributed by atoms with Crippen molar-refractivity contribution < 1.29 is 45.3 Å². The van der Waals surface area contributed by atoms with Crippen LogP contribution in [0.4, 0.5) is 32.0 Å². The third-order valence-corrected chi connectivity index (χ3v) is 7.30. The van der Waals surface area contributed by atoms with Crippen LogP contribution in [0.3, 0.4) is 0 Å². The van der Waals surface area contributed by atoms with Crippen molar-refractivity contribution in [2.75, 3.05) is 51.6 Å². The fourth-order valence-corrected chi connectivity index (χ4v) is 5.25. The van der Waals surface area contributed by atoms with Crippen LogP contribution in [0.5, 0.6) is 17.2 Å². The second kappa shape index (κ2) is 14.5. The van der Waals surface area contributed by atoms with Gasteiger partial charge < -0.3 is 35.1 Å². The molecule has 0 radical (unpaired) electrons. The number of nitrogens with one attached hydrogen (secondary N) is 3. The lowest BCUT2D eigenvalue weighted by Crippen LogP contribution is -2.46. The number of ether oxygens (including phenoxy) is 3. The number of thiocarbonyl (C=S) groups is 1. The van der Waals surface area contributed by atoms with E-state index < -0.39 is 30.1 Å². The van der Waals surface area contributed by atoms with Crippen molar-refractivity contribution in [2.45, 2.75) is 44.1 Å². The average molecular weight is 650 g/mol. The summed E-state index contributed by atoms with van der Waals surface area (Å²) >= 11 is 5.30. The second-order valence-corrected chi connectivity index (χ2v) is 10.9. The Morgan fingerprint density at radius 2 is 1.68 bits per heavy atom. The van der Waals surface area contributed by atoms with Gasteiger partial charge in [-0.2, -0.15) is 0 Å². The zero-order chi connectivity index (χ0) is 31.9. The van der Waals surface area contributed by atoms with E-state index in [9.17, 15) is 31.1 Å². The number of rotatable bonds is 10. The summed E-state index contributed by atoms with van der Waals surface area (Å²) in [4.78, 5) is 17.3. The van der Waals surface area contributed by atoms with Gasteiger partial charge in [0.15, 0.2) is 5.11 Å². The monoisotopic (exact) mass is 649 g/mol. The molecule has 2 unspecified atom stereocenters. The molecule has 242 valence electrons. The van der Waals surface area contributed by atoms with Crippen molar-refractivity contribution in [1.82, 2.24) is 20.4 Å². The van der Waals surface area contributed by atoms with Gasteiger partial charge >= 0.3 is 12.7 Å². The topological polar surface area (TPSA) is 87.3 Å². The van der Waals surface area contributed by atoms with E-state index in [-0.39, 0.29) is 35.1 Å². The molecule has 16 heteroatoms. The lowest BCUT2D eigenvalue weighted by molar-refractivity contribution is -0.275. The molecule has 9 nitrogen and oxygen atoms in total. The van der Waals surface area contributed by atoms with Crippen LogP contribution in [0.1, 0.15) is 29.6 Å². The van der Waals surface area contributed by atoms with Crippen molar-refractivity contribution in [3.8, 4) is 17.2 Å². The summed E-state index contributed by atoms with van der Waals surface area (Å²) in [6.45, 7) is 4.27. The molecule has 2 aromatic carbocycles. The first kappa shape index (κ1) is 33.4. The van der Waals surface area contributed by atoms with Gasteiger partial charge in [-0.25, -0.2) is 0 Å². The van der Waals surface area contributed by atoms with E-state index in [1.54, 1.807) is 0 Å². The van der Waals surface area contributed by atoms with Crippen LogP contribution in [-0.2, 0) is 0 Å². The van der Waals surface area contributed by atoms with Crippen molar-refractivity contribution >= 4 is 28.9 Å². The van der Waals surface area contributed by atoms with E-state index >= 15 is 0 Å². The van der Waals surface area contributed by atoms with E-state index in [2.05, 4.69) is 35.2 Å². The third-order valence-electron chi connectivity index (χ3n) is 7.08. The van der Waals surface area contributed by atoms with Crippen molar-refractivity contribution in [2.24, 2.45) is 0 Å². The zero-order valence-electron chi connectivity index (χ0n) is 23.8. The lowest BCUT2D eigenvalue weighted by Gasteiger charge is -2.32. The molecule has 2 aliphatic rings. The van der Waals surface area contributed by atoms with Gasteiger partial charge in [0.2, 0.25) is 0 Å². The average Bonchev–Trinajstić information content (AvgIpc) is 3.35. The maximum atomic E-state index is 13.0. The van der Waals surface area contributed by atoms with Gasteiger partial charge in [0, 0.05) is 63.5 Å². The van der Waals surface area contributed by atoms with Gasteiger partial charge in [0.1, 0.15) is 23.4 Å². The van der Waals surface area contributed by atoms with Gasteiger partial charge in [-0.15, -0.1) is 26.3 Å². The van der Waals surface area contributed by atoms with Crippen LogP contribution >= 0.6 is 12.2 Å². The van der Waals surface area contributed by atoms with Crippen molar-refractivity contribution in [3.05, 3.63) is 48.0 Å². The number of piperazine rings is 1. The molecule has 44 heavy (non-hydrogen) atoms. The van der Waals surface area contributed by atoms with Crippen LogP contribution in [0, 0.1) is 0 Å². The zero-order valence-corrected chi connectivity index (χ0v) is 24.6. The summed E-state index contributed by atoms with van der Waals surface area (Å²) < 4.78 is 90.6. The van der Waals surface area contributed by atoms with Crippen molar-refractivity contribution in [1.29, 1.82) is 0 Å². The molecule has 3 N–H and O–H groups in total. The summed E-state index contributed by atoms with van der Waals surface area (Å²) in [5, 5.41) is 8.77. The van der Waals surface area contributed by atoms with Crippen LogP contribution in [-0.4, -0.2) is 92.0 Å². The van der Waals surface area contributed by atoms with Crippen LogP contribution in [0.2, 0.25) is 0 Å². The molecule has 2 aromatic rings. The van der Waals surface area contributed by atoms with Gasteiger partial charge in [-0.05, 0) is 62.4 Å². The van der Waals surface area contributed by atoms with E-state index in [4.69, 9.17) is 17.0 Å². The normalized spacial score (nSPS) is 19.7. The fraction of sp³-hybridized carbons (Fsp3) is 0.500. The first-order valence-corrected chi connectivity index (χ1v) is 14.3. The standard InChI is InChI=1S/C28H33F6N5O4S/c1-38-11-13-39(14-12-38)10-9-35-25(40)23-17-21(7-8-24(23)43-28(32,33)34)41-20-6-5-19(15-20)37-26(44)36-18-3-2-4-22(16-18)42-27(29,30)31/h2-4,7-8,16-17,19-20H,5-6,9-15H2,1H3,(H,35,40)(H2,36,37,44). The number of amides is 1. The largest absolute Gasteiger partial charge is 0.573 e. The van der Waals surface area contributed by atoms with Gasteiger partial charge in [0.05, 0.1) is 5.56 Å². The molecular weight excluding hydrogens is 616 g/mol. The Kier molecular flexibility index (Phi) is 11.0. The Morgan fingerprint density at radius 3 is 2.39 bits per heavy atom. The molecular formula is C28H33F6N5O4S. The summed E-state index contributed by atoms with van der Waals surface area (Å²) in [6.07, 6.45) is -8.44. The maximum absolute atomic E-state index is 13.0. The summed E-state index contributed by atoms with van der Waals surface area (Å²) in [5.41, 5.74) is -0.00136. The van der Waals surface area contributed by atoms with E-state index in [0.717, 1.165) is 38.3 Å². The number of carbonyl (C=O) groups is 1. The second-order valence-electron chi connectivity index (χ2n) is 10.5. The quantitative estimate of drug-likeness (QED) is 0.250. The Labute approximate surface area is 255 Å². The molecule has 1 aliphatic carbocycles. The molecule has 0 spiro atoms. The summed E-state index contributed by atoms with van der Waals surface area (Å²) in [7, 11) is 2.02. The number of anilines is 1. The molecule has 0 bridgehead atoms. The number of hydrogen-bond acceptors (Lipinski definition) is 7. The highest BCUT2D eigenvalue weighted by molar-refractivity contribution is 7.80. The van der Waals surface area contributed by atoms with Gasteiger partial charge in [0.25, 0.3) is 5.91 Å². The first-order valence-electron chi connectivity index (χ1n) is 13.9. The Morgan fingerprint density at radius 1 is 0.955 bits per heavy atom. The number of nitrogens with zero attached hydrogens (tertiary/aromatic N) is 2. The molecule has 2 fully saturated rings. The number of likely N-dealkylation sites (N-methyl/N-ethyl adjacent to an activating group) is 1. The Hall–Kier alpha value is -3.50. The summed E-state index contributed by atoms with van der Waals surface area (Å²) in [6, 6.07) is 8.70. The molecule has 1 aliphatic heterocycles. The Bertz CT molecular complexity index is 1290. The molecule has 1 saturated heterocycles. The maximum Gasteiger partial charge on any atom is 0.573 e. The van der Waals surface area contributed by atoms with Crippen LogP contribution < -0.4 is 30.2 Å². The molecule has 1 saturated carbocycles. The van der Waals surface area contributed by atoms with E-state index in [1.807, 2.05) is 7.05 Å². The summed E-state index contributed by atoms with van der Waals surface area (Å²) in [5.74, 6) is -1.53. The highest BCUT2D eigenvalue weighted by Gasteiger charge is 2.34. The number of benzene rings is 2. The van der Waals surface area contributed by atoms with Gasteiger partial charge in [-0.1, -0.05) is 6.07 Å². The molecule has 0 aromatic heterocycles. The molecule has 1 heterocycles. The highest BCUT2D eigenvalue weighted by Crippen LogP contribution is 2.32.